The highest BCUT2D eigenvalue weighted by atomic mass is 79.9. The standard InChI is InChI=1S/C24H24BrN3O3/c1-24-22-21(17-5-3-4-6-19(17)26-22)18(15-7-9-16(25)10-8-15)13-28(24)20(29)14-27(23(24)30)11-12-31-2/h3-10,18,26H,11-14H2,1-2H3/t18-,24-/m0/s1. The molecule has 31 heavy (non-hydrogen) atoms. The largest absolute Gasteiger partial charge is 0.383 e. The number of methoxy groups -OCH3 is 1. The third-order valence-electron chi connectivity index (χ3n) is 6.66. The van der Waals surface area contributed by atoms with E-state index in [2.05, 4.69) is 39.1 Å². The van der Waals surface area contributed by atoms with Crippen molar-refractivity contribution >= 4 is 38.6 Å². The number of fused-ring (bicyclic) bond motifs is 5. The summed E-state index contributed by atoms with van der Waals surface area (Å²) in [6, 6.07) is 16.3. The van der Waals surface area contributed by atoms with Crippen molar-refractivity contribution in [2.24, 2.45) is 0 Å². The number of carbonyl (C=O) groups excluding carboxylic acids is 2. The first-order chi connectivity index (χ1) is 14.9. The summed E-state index contributed by atoms with van der Waals surface area (Å²) in [6.07, 6.45) is 0. The number of amides is 2. The Labute approximate surface area is 189 Å². The van der Waals surface area contributed by atoms with Crippen LogP contribution in [0.4, 0.5) is 0 Å². The molecule has 2 aliphatic rings. The van der Waals surface area contributed by atoms with Crippen LogP contribution in [0.3, 0.4) is 0 Å². The van der Waals surface area contributed by atoms with Crippen molar-refractivity contribution in [3.05, 3.63) is 69.8 Å². The molecule has 1 fully saturated rings. The molecule has 2 aromatic carbocycles. The first-order valence-electron chi connectivity index (χ1n) is 10.4. The number of aromatic nitrogens is 1. The van der Waals surface area contributed by atoms with E-state index in [-0.39, 0.29) is 24.3 Å². The smallest absolute Gasteiger partial charge is 0.255 e. The molecule has 160 valence electrons. The van der Waals surface area contributed by atoms with Crippen molar-refractivity contribution < 1.29 is 14.3 Å². The second kappa shape index (κ2) is 7.50. The van der Waals surface area contributed by atoms with Gasteiger partial charge in [-0.1, -0.05) is 46.3 Å². The minimum atomic E-state index is -1.07. The quantitative estimate of drug-likeness (QED) is 0.618. The van der Waals surface area contributed by atoms with E-state index in [9.17, 15) is 9.59 Å². The highest BCUT2D eigenvalue weighted by Gasteiger charge is 2.56. The number of H-pyrrole nitrogens is 1. The molecule has 3 aromatic rings. The van der Waals surface area contributed by atoms with Crippen LogP contribution in [0.25, 0.3) is 10.9 Å². The fourth-order valence-electron chi connectivity index (χ4n) is 5.05. The van der Waals surface area contributed by atoms with Crippen molar-refractivity contribution in [3.8, 4) is 0 Å². The molecule has 0 bridgehead atoms. The summed E-state index contributed by atoms with van der Waals surface area (Å²) in [5.41, 5.74) is 2.95. The number of ether oxygens (including phenoxy) is 1. The zero-order chi connectivity index (χ0) is 21.8. The van der Waals surface area contributed by atoms with Gasteiger partial charge in [-0.05, 0) is 36.2 Å². The minimum absolute atomic E-state index is 0.0189. The van der Waals surface area contributed by atoms with Gasteiger partial charge in [-0.25, -0.2) is 0 Å². The number of hydrogen-bond donors (Lipinski definition) is 1. The van der Waals surface area contributed by atoms with Gasteiger partial charge in [-0.2, -0.15) is 0 Å². The summed E-state index contributed by atoms with van der Waals surface area (Å²) in [6.45, 7) is 3.22. The van der Waals surface area contributed by atoms with E-state index in [1.54, 1.807) is 16.9 Å². The number of benzene rings is 2. The number of para-hydroxylation sites is 1. The highest BCUT2D eigenvalue weighted by molar-refractivity contribution is 9.10. The minimum Gasteiger partial charge on any atom is -0.383 e. The van der Waals surface area contributed by atoms with Crippen molar-refractivity contribution in [2.75, 3.05) is 33.4 Å². The molecular formula is C24H24BrN3O3. The molecule has 1 aromatic heterocycles. The Morgan fingerprint density at radius 1 is 1.16 bits per heavy atom. The third-order valence-corrected chi connectivity index (χ3v) is 7.18. The fourth-order valence-corrected chi connectivity index (χ4v) is 5.32. The summed E-state index contributed by atoms with van der Waals surface area (Å²) < 4.78 is 6.18. The number of nitrogens with zero attached hydrogens (tertiary/aromatic N) is 2. The molecule has 2 aliphatic heterocycles. The second-order valence-electron chi connectivity index (χ2n) is 8.36. The van der Waals surface area contributed by atoms with Gasteiger partial charge >= 0.3 is 0 Å². The van der Waals surface area contributed by atoms with Gasteiger partial charge in [0, 0.05) is 41.5 Å². The molecule has 0 aliphatic carbocycles. The number of hydrogen-bond acceptors (Lipinski definition) is 3. The third kappa shape index (κ3) is 3.02. The molecule has 5 rings (SSSR count). The zero-order valence-corrected chi connectivity index (χ0v) is 19.1. The average molecular weight is 482 g/mol. The van der Waals surface area contributed by atoms with Crippen LogP contribution in [0.5, 0.6) is 0 Å². The predicted molar refractivity (Wildman–Crippen MR) is 122 cm³/mol. The molecule has 3 heterocycles. The van der Waals surface area contributed by atoms with Crippen LogP contribution >= 0.6 is 15.9 Å². The SMILES string of the molecule is COCCN1CC(=O)N2C[C@@H](c3ccc(Br)cc3)c3c([nH]c4ccccc34)[C@@]2(C)C1=O. The van der Waals surface area contributed by atoms with Crippen molar-refractivity contribution in [2.45, 2.75) is 18.4 Å². The maximum Gasteiger partial charge on any atom is 0.255 e. The topological polar surface area (TPSA) is 65.6 Å². The van der Waals surface area contributed by atoms with Gasteiger partial charge in [-0.15, -0.1) is 0 Å². The van der Waals surface area contributed by atoms with Gasteiger partial charge in [0.2, 0.25) is 5.91 Å². The summed E-state index contributed by atoms with van der Waals surface area (Å²) in [5, 5.41) is 1.10. The van der Waals surface area contributed by atoms with Gasteiger partial charge in [0.15, 0.2) is 5.54 Å². The van der Waals surface area contributed by atoms with Crippen molar-refractivity contribution in [1.29, 1.82) is 0 Å². The van der Waals surface area contributed by atoms with Crippen molar-refractivity contribution in [3.63, 3.8) is 0 Å². The monoisotopic (exact) mass is 481 g/mol. The molecule has 0 saturated carbocycles. The molecule has 0 spiro atoms. The predicted octanol–water partition coefficient (Wildman–Crippen LogP) is 3.61. The maximum absolute atomic E-state index is 13.7. The summed E-state index contributed by atoms with van der Waals surface area (Å²) in [7, 11) is 1.60. The lowest BCUT2D eigenvalue weighted by Crippen LogP contribution is -2.67. The van der Waals surface area contributed by atoms with E-state index in [0.717, 1.165) is 32.2 Å². The summed E-state index contributed by atoms with van der Waals surface area (Å²) in [5.74, 6) is -0.120. The molecular weight excluding hydrogens is 458 g/mol. The zero-order valence-electron chi connectivity index (χ0n) is 17.5. The molecule has 2 atom stereocenters. The number of piperazine rings is 1. The van der Waals surface area contributed by atoms with E-state index in [4.69, 9.17) is 4.74 Å². The molecule has 6 nitrogen and oxygen atoms in total. The van der Waals surface area contributed by atoms with Gasteiger partial charge in [0.05, 0.1) is 18.8 Å². The van der Waals surface area contributed by atoms with E-state index >= 15 is 0 Å². The Bertz CT molecular complexity index is 1170. The molecule has 0 unspecified atom stereocenters. The Kier molecular flexibility index (Phi) is 4.90. The lowest BCUT2D eigenvalue weighted by atomic mass is 9.76. The van der Waals surface area contributed by atoms with Gasteiger partial charge in [0.1, 0.15) is 0 Å². The van der Waals surface area contributed by atoms with Crippen molar-refractivity contribution in [1.82, 2.24) is 14.8 Å². The van der Waals surface area contributed by atoms with Gasteiger partial charge in [0.25, 0.3) is 5.91 Å². The normalized spacial score (nSPS) is 23.3. The number of halogens is 1. The van der Waals surface area contributed by atoms with E-state index < -0.39 is 5.54 Å². The Morgan fingerprint density at radius 2 is 1.90 bits per heavy atom. The van der Waals surface area contributed by atoms with Crippen LogP contribution in [0.1, 0.15) is 29.7 Å². The van der Waals surface area contributed by atoms with E-state index in [0.29, 0.717) is 19.7 Å². The summed E-state index contributed by atoms with van der Waals surface area (Å²) in [4.78, 5) is 33.9. The first-order valence-corrected chi connectivity index (χ1v) is 11.2. The first kappa shape index (κ1) is 20.3. The average Bonchev–Trinajstić information content (AvgIpc) is 3.17. The number of aromatic amines is 1. The maximum atomic E-state index is 13.7. The van der Waals surface area contributed by atoms with Crippen LogP contribution in [0, 0.1) is 0 Å². The lowest BCUT2D eigenvalue weighted by molar-refractivity contribution is -0.166. The molecule has 1 N–H and O–H groups in total. The van der Waals surface area contributed by atoms with E-state index in [1.807, 2.05) is 37.3 Å². The number of carbonyl (C=O) groups is 2. The van der Waals surface area contributed by atoms with Crippen LogP contribution < -0.4 is 0 Å². The van der Waals surface area contributed by atoms with Gasteiger partial charge < -0.3 is 19.5 Å². The van der Waals surface area contributed by atoms with Crippen LogP contribution in [0.2, 0.25) is 0 Å². The molecule has 2 amide bonds. The molecule has 7 heteroatoms. The Balaban J connectivity index is 1.72. The molecule has 1 saturated heterocycles. The van der Waals surface area contributed by atoms with Crippen LogP contribution in [-0.4, -0.2) is 59.9 Å². The Morgan fingerprint density at radius 3 is 2.65 bits per heavy atom. The molecule has 0 radical (unpaired) electrons. The van der Waals surface area contributed by atoms with Crippen LogP contribution in [-0.2, 0) is 19.9 Å². The Hall–Kier alpha value is -2.64. The van der Waals surface area contributed by atoms with Crippen LogP contribution in [0.15, 0.2) is 53.0 Å². The summed E-state index contributed by atoms with van der Waals surface area (Å²) >= 11 is 3.51. The highest BCUT2D eigenvalue weighted by Crippen LogP contribution is 2.48. The van der Waals surface area contributed by atoms with E-state index in [1.165, 1.54) is 0 Å². The number of nitrogens with one attached hydrogen (secondary N) is 1. The second-order valence-corrected chi connectivity index (χ2v) is 9.28. The van der Waals surface area contributed by atoms with Gasteiger partial charge in [-0.3, -0.25) is 9.59 Å². The fraction of sp³-hybridized carbons (Fsp3) is 0.333. The number of rotatable bonds is 4. The lowest BCUT2D eigenvalue weighted by Gasteiger charge is -2.51.